The Labute approximate surface area is 157 Å². The van der Waals surface area contributed by atoms with Gasteiger partial charge in [0.1, 0.15) is 6.54 Å². The number of ether oxygens (including phenoxy) is 1. The van der Waals surface area contributed by atoms with Crippen molar-refractivity contribution in [2.75, 3.05) is 7.11 Å². The molecule has 1 saturated carbocycles. The summed E-state index contributed by atoms with van der Waals surface area (Å²) in [6, 6.07) is 10.2. The Bertz CT molecular complexity index is 936. The number of benzene rings is 1. The van der Waals surface area contributed by atoms with Crippen molar-refractivity contribution in [3.8, 4) is 0 Å². The highest BCUT2D eigenvalue weighted by molar-refractivity contribution is 5.86. The van der Waals surface area contributed by atoms with Crippen LogP contribution in [0.2, 0.25) is 0 Å². The van der Waals surface area contributed by atoms with E-state index in [2.05, 4.69) is 51.2 Å². The van der Waals surface area contributed by atoms with E-state index in [1.807, 2.05) is 0 Å². The van der Waals surface area contributed by atoms with Gasteiger partial charge in [-0.3, -0.25) is 4.68 Å². The van der Waals surface area contributed by atoms with Gasteiger partial charge < -0.3 is 9.26 Å². The molecule has 27 heavy (non-hydrogen) atoms. The van der Waals surface area contributed by atoms with Crippen LogP contribution in [0.25, 0.3) is 0 Å². The molecule has 7 heteroatoms. The van der Waals surface area contributed by atoms with Gasteiger partial charge >= 0.3 is 5.97 Å². The highest BCUT2D eigenvalue weighted by Crippen LogP contribution is 2.45. The van der Waals surface area contributed by atoms with Crippen LogP contribution in [0.1, 0.15) is 59.0 Å². The Hall–Kier alpha value is -2.96. The molecule has 3 aromatic rings. The van der Waals surface area contributed by atoms with E-state index >= 15 is 0 Å². The Morgan fingerprint density at radius 3 is 2.67 bits per heavy atom. The maximum atomic E-state index is 11.5. The van der Waals surface area contributed by atoms with Gasteiger partial charge in [-0.1, -0.05) is 47.8 Å². The minimum atomic E-state index is -0.468. The molecule has 4 rings (SSSR count). The summed E-state index contributed by atoms with van der Waals surface area (Å²) < 4.78 is 11.8. The Morgan fingerprint density at radius 1 is 1.22 bits per heavy atom. The SMILES string of the molecule is COC(=O)c1ccn(Cc2nc(C3(c4ccc(C)cc4)CCCC3)no2)n1. The van der Waals surface area contributed by atoms with E-state index in [4.69, 9.17) is 4.52 Å². The summed E-state index contributed by atoms with van der Waals surface area (Å²) in [6.45, 7) is 2.40. The summed E-state index contributed by atoms with van der Waals surface area (Å²) in [6.07, 6.45) is 6.03. The first kappa shape index (κ1) is 17.5. The third-order valence-corrected chi connectivity index (χ3v) is 5.29. The normalized spacial score (nSPS) is 15.8. The van der Waals surface area contributed by atoms with Gasteiger partial charge in [0.2, 0.25) is 5.89 Å². The fourth-order valence-corrected chi connectivity index (χ4v) is 3.81. The summed E-state index contributed by atoms with van der Waals surface area (Å²) >= 11 is 0. The molecular weight excluding hydrogens is 344 g/mol. The zero-order chi connectivity index (χ0) is 18.9. The maximum absolute atomic E-state index is 11.5. The van der Waals surface area contributed by atoms with Crippen LogP contribution in [0.4, 0.5) is 0 Å². The number of carbonyl (C=O) groups excluding carboxylic acids is 1. The average Bonchev–Trinajstić information content (AvgIpc) is 3.43. The first-order chi connectivity index (χ1) is 13.1. The second-order valence-corrected chi connectivity index (χ2v) is 7.06. The molecule has 7 nitrogen and oxygen atoms in total. The lowest BCUT2D eigenvalue weighted by Crippen LogP contribution is -2.25. The van der Waals surface area contributed by atoms with Crippen molar-refractivity contribution in [1.82, 2.24) is 19.9 Å². The number of hydrogen-bond acceptors (Lipinski definition) is 6. The molecule has 0 N–H and O–H groups in total. The van der Waals surface area contributed by atoms with Crippen LogP contribution in [-0.2, 0) is 16.7 Å². The molecule has 0 bridgehead atoms. The van der Waals surface area contributed by atoms with Gasteiger partial charge in [0.05, 0.1) is 12.5 Å². The molecular formula is C20H22N4O3. The molecule has 1 aromatic carbocycles. The van der Waals surface area contributed by atoms with Gasteiger partial charge in [-0.05, 0) is 31.4 Å². The van der Waals surface area contributed by atoms with E-state index in [1.165, 1.54) is 18.2 Å². The molecule has 2 heterocycles. The topological polar surface area (TPSA) is 83.0 Å². The van der Waals surface area contributed by atoms with Crippen molar-refractivity contribution < 1.29 is 14.1 Å². The van der Waals surface area contributed by atoms with Crippen molar-refractivity contribution in [2.45, 2.75) is 44.6 Å². The summed E-state index contributed by atoms with van der Waals surface area (Å²) in [5.74, 6) is 0.742. The number of nitrogens with zero attached hydrogens (tertiary/aromatic N) is 4. The molecule has 1 aliphatic rings. The van der Waals surface area contributed by atoms with Crippen molar-refractivity contribution in [1.29, 1.82) is 0 Å². The number of rotatable bonds is 5. The van der Waals surface area contributed by atoms with E-state index in [0.717, 1.165) is 31.5 Å². The standard InChI is InChI=1S/C20H22N4O3/c1-14-5-7-15(8-6-14)20(10-3-4-11-20)19-21-17(27-23-19)13-24-12-9-16(22-24)18(25)26-2/h5-9,12H,3-4,10-11,13H2,1-2H3. The minimum Gasteiger partial charge on any atom is -0.464 e. The highest BCUT2D eigenvalue weighted by Gasteiger charge is 2.41. The summed E-state index contributed by atoms with van der Waals surface area (Å²) in [5, 5.41) is 8.49. The molecule has 2 aromatic heterocycles. The van der Waals surface area contributed by atoms with Gasteiger partial charge in [-0.2, -0.15) is 10.1 Å². The molecule has 140 valence electrons. The first-order valence-corrected chi connectivity index (χ1v) is 9.13. The second-order valence-electron chi connectivity index (χ2n) is 7.06. The van der Waals surface area contributed by atoms with Crippen LogP contribution in [0.15, 0.2) is 41.1 Å². The number of aromatic nitrogens is 4. The average molecular weight is 366 g/mol. The fraction of sp³-hybridized carbons (Fsp3) is 0.400. The molecule has 0 saturated heterocycles. The van der Waals surface area contributed by atoms with Gasteiger partial charge in [0, 0.05) is 6.20 Å². The molecule has 0 aliphatic heterocycles. The first-order valence-electron chi connectivity index (χ1n) is 9.13. The highest BCUT2D eigenvalue weighted by atomic mass is 16.5. The van der Waals surface area contributed by atoms with E-state index in [9.17, 15) is 4.79 Å². The van der Waals surface area contributed by atoms with Gasteiger partial charge in [-0.25, -0.2) is 4.79 Å². The lowest BCUT2D eigenvalue weighted by Gasteiger charge is -2.25. The summed E-state index contributed by atoms with van der Waals surface area (Å²) in [7, 11) is 1.33. The van der Waals surface area contributed by atoms with Gasteiger partial charge in [0.25, 0.3) is 0 Å². The Balaban J connectivity index is 1.59. The quantitative estimate of drug-likeness (QED) is 0.645. The van der Waals surface area contributed by atoms with Crippen LogP contribution < -0.4 is 0 Å². The van der Waals surface area contributed by atoms with Gasteiger partial charge in [0.15, 0.2) is 11.5 Å². The van der Waals surface area contributed by atoms with Crippen LogP contribution in [-0.4, -0.2) is 33.0 Å². The smallest absolute Gasteiger partial charge is 0.358 e. The molecule has 0 amide bonds. The molecule has 1 aliphatic carbocycles. The predicted octanol–water partition coefficient (Wildman–Crippen LogP) is 3.27. The summed E-state index contributed by atoms with van der Waals surface area (Å²) in [4.78, 5) is 16.2. The number of carbonyl (C=O) groups is 1. The maximum Gasteiger partial charge on any atom is 0.358 e. The zero-order valence-electron chi connectivity index (χ0n) is 15.5. The van der Waals surface area contributed by atoms with Crippen molar-refractivity contribution in [3.63, 3.8) is 0 Å². The lowest BCUT2D eigenvalue weighted by atomic mass is 9.78. The predicted molar refractivity (Wildman–Crippen MR) is 97.4 cm³/mol. The van der Waals surface area contributed by atoms with E-state index in [1.54, 1.807) is 16.9 Å². The van der Waals surface area contributed by atoms with Crippen molar-refractivity contribution in [2.24, 2.45) is 0 Å². The largest absolute Gasteiger partial charge is 0.464 e. The number of aryl methyl sites for hydroxylation is 1. The Morgan fingerprint density at radius 2 is 1.96 bits per heavy atom. The van der Waals surface area contributed by atoms with Crippen LogP contribution >= 0.6 is 0 Å². The number of methoxy groups -OCH3 is 1. The van der Waals surface area contributed by atoms with Crippen LogP contribution in [0, 0.1) is 6.92 Å². The lowest BCUT2D eigenvalue weighted by molar-refractivity contribution is 0.0593. The van der Waals surface area contributed by atoms with E-state index < -0.39 is 5.97 Å². The van der Waals surface area contributed by atoms with E-state index in [0.29, 0.717) is 12.4 Å². The second kappa shape index (κ2) is 6.98. The van der Waals surface area contributed by atoms with Crippen LogP contribution in [0.5, 0.6) is 0 Å². The molecule has 1 fully saturated rings. The van der Waals surface area contributed by atoms with Gasteiger partial charge in [-0.15, -0.1) is 0 Å². The minimum absolute atomic E-state index is 0.184. The third kappa shape index (κ3) is 3.25. The molecule has 0 atom stereocenters. The number of hydrogen-bond donors (Lipinski definition) is 0. The molecule has 0 radical (unpaired) electrons. The van der Waals surface area contributed by atoms with Crippen LogP contribution in [0.3, 0.4) is 0 Å². The zero-order valence-corrected chi connectivity index (χ0v) is 15.5. The Kier molecular flexibility index (Phi) is 4.51. The van der Waals surface area contributed by atoms with Crippen molar-refractivity contribution in [3.05, 3.63) is 65.1 Å². The monoisotopic (exact) mass is 366 g/mol. The third-order valence-electron chi connectivity index (χ3n) is 5.29. The fourth-order valence-electron chi connectivity index (χ4n) is 3.81. The van der Waals surface area contributed by atoms with Crippen molar-refractivity contribution >= 4 is 5.97 Å². The molecule has 0 spiro atoms. The summed E-state index contributed by atoms with van der Waals surface area (Å²) in [5.41, 5.74) is 2.55. The molecule has 0 unspecified atom stereocenters. The number of esters is 1. The van der Waals surface area contributed by atoms with E-state index in [-0.39, 0.29) is 11.1 Å².